The molecule has 0 saturated carbocycles. The number of rotatable bonds is 4. The first-order valence-electron chi connectivity index (χ1n) is 6.51. The van der Waals surface area contributed by atoms with Crippen molar-refractivity contribution in [2.24, 2.45) is 0 Å². The Kier molecular flexibility index (Phi) is 3.55. The molecule has 0 aliphatic carbocycles. The second kappa shape index (κ2) is 5.66. The molecule has 0 aliphatic heterocycles. The number of esters is 1. The lowest BCUT2D eigenvalue weighted by atomic mass is 10.3. The molecule has 0 atom stereocenters. The van der Waals surface area contributed by atoms with Gasteiger partial charge in [0.15, 0.2) is 0 Å². The monoisotopic (exact) mass is 282 g/mol. The van der Waals surface area contributed by atoms with E-state index in [-0.39, 0.29) is 0 Å². The summed E-state index contributed by atoms with van der Waals surface area (Å²) < 4.78 is 12.1. The number of hydrogen-bond donors (Lipinski definition) is 0. The normalized spacial score (nSPS) is 10.5. The van der Waals surface area contributed by atoms with E-state index >= 15 is 0 Å². The molecule has 0 N–H and O–H groups in total. The zero-order chi connectivity index (χ0) is 14.7. The minimum absolute atomic E-state index is 0.340. The Hall–Kier alpha value is -2.82. The van der Waals surface area contributed by atoms with Crippen LogP contribution in [0.15, 0.2) is 54.7 Å². The lowest BCUT2D eigenvalue weighted by Gasteiger charge is -2.02. The van der Waals surface area contributed by atoms with E-state index in [1.54, 1.807) is 22.7 Å². The summed E-state index contributed by atoms with van der Waals surface area (Å²) in [5.41, 5.74) is 1.87. The largest absolute Gasteiger partial charge is 0.487 e. The molecule has 2 aromatic heterocycles. The smallest absolute Gasteiger partial charge is 0.355 e. The topological polar surface area (TPSA) is 52.8 Å². The number of hydrogen-bond acceptors (Lipinski definition) is 4. The Morgan fingerprint density at radius 1 is 1.14 bits per heavy atom. The molecule has 3 aromatic rings. The summed E-state index contributed by atoms with van der Waals surface area (Å²) in [6.07, 6.45) is 1.78. The second-order valence-corrected chi connectivity index (χ2v) is 4.46. The molecule has 1 aromatic carbocycles. The molecule has 5 nitrogen and oxygen atoms in total. The van der Waals surface area contributed by atoms with Crippen LogP contribution in [-0.4, -0.2) is 22.5 Å². The van der Waals surface area contributed by atoms with Crippen molar-refractivity contribution in [1.82, 2.24) is 9.38 Å². The standard InChI is InChI=1S/C16H14N2O3/c1-20-16(19)14-8-5-9-15-17-12(10-18(14)15)11-21-13-6-3-2-4-7-13/h2-10H,11H2,1H3. The van der Waals surface area contributed by atoms with Crippen molar-refractivity contribution >= 4 is 11.6 Å². The fourth-order valence-electron chi connectivity index (χ4n) is 2.08. The molecule has 0 aliphatic rings. The van der Waals surface area contributed by atoms with Crippen LogP contribution in [0.3, 0.4) is 0 Å². The number of carbonyl (C=O) groups excluding carboxylic acids is 1. The first-order chi connectivity index (χ1) is 10.3. The number of fused-ring (bicyclic) bond motifs is 1. The zero-order valence-electron chi connectivity index (χ0n) is 11.5. The number of ether oxygens (including phenoxy) is 2. The van der Waals surface area contributed by atoms with Crippen molar-refractivity contribution in [2.75, 3.05) is 7.11 Å². The molecule has 0 bridgehead atoms. The molecule has 0 radical (unpaired) electrons. The van der Waals surface area contributed by atoms with Crippen molar-refractivity contribution in [1.29, 1.82) is 0 Å². The Bertz CT molecular complexity index is 766. The van der Waals surface area contributed by atoms with Gasteiger partial charge in [0, 0.05) is 6.20 Å². The molecule has 5 heteroatoms. The van der Waals surface area contributed by atoms with Gasteiger partial charge in [0.25, 0.3) is 0 Å². The number of carbonyl (C=O) groups is 1. The van der Waals surface area contributed by atoms with Gasteiger partial charge < -0.3 is 9.47 Å². The number of benzene rings is 1. The number of pyridine rings is 1. The summed E-state index contributed by atoms with van der Waals surface area (Å²) in [5.74, 6) is 0.385. The Labute approximate surface area is 121 Å². The molecule has 0 fully saturated rings. The van der Waals surface area contributed by atoms with Crippen LogP contribution in [-0.2, 0) is 11.3 Å². The van der Waals surface area contributed by atoms with Gasteiger partial charge in [-0.15, -0.1) is 0 Å². The average Bonchev–Trinajstić information content (AvgIpc) is 2.96. The van der Waals surface area contributed by atoms with Crippen molar-refractivity contribution < 1.29 is 14.3 Å². The summed E-state index contributed by atoms with van der Waals surface area (Å²) in [4.78, 5) is 16.1. The molecular formula is C16H14N2O3. The van der Waals surface area contributed by atoms with Gasteiger partial charge in [-0.05, 0) is 24.3 Å². The van der Waals surface area contributed by atoms with Crippen molar-refractivity contribution in [3.05, 3.63) is 66.1 Å². The van der Waals surface area contributed by atoms with Crippen LogP contribution in [0.5, 0.6) is 5.75 Å². The molecular weight excluding hydrogens is 268 g/mol. The van der Waals surface area contributed by atoms with Gasteiger partial charge >= 0.3 is 5.97 Å². The SMILES string of the molecule is COC(=O)c1cccc2nc(COc3ccccc3)cn12. The van der Waals surface area contributed by atoms with Crippen molar-refractivity contribution in [3.8, 4) is 5.75 Å². The van der Waals surface area contributed by atoms with E-state index < -0.39 is 5.97 Å². The molecule has 2 heterocycles. The number of nitrogens with zero attached hydrogens (tertiary/aromatic N) is 2. The van der Waals surface area contributed by atoms with Crippen LogP contribution < -0.4 is 4.74 Å². The molecule has 3 rings (SSSR count). The molecule has 0 amide bonds. The highest BCUT2D eigenvalue weighted by molar-refractivity contribution is 5.88. The van der Waals surface area contributed by atoms with Crippen LogP contribution in [0.25, 0.3) is 5.65 Å². The maximum absolute atomic E-state index is 11.7. The summed E-state index contributed by atoms with van der Waals surface area (Å²) in [7, 11) is 1.36. The lowest BCUT2D eigenvalue weighted by molar-refractivity contribution is 0.0592. The van der Waals surface area contributed by atoms with Gasteiger partial charge in [-0.3, -0.25) is 4.40 Å². The second-order valence-electron chi connectivity index (χ2n) is 4.46. The van der Waals surface area contributed by atoms with Gasteiger partial charge in [0.05, 0.1) is 12.8 Å². The summed E-state index contributed by atoms with van der Waals surface area (Å²) >= 11 is 0. The quantitative estimate of drug-likeness (QED) is 0.690. The highest BCUT2D eigenvalue weighted by Crippen LogP contribution is 2.14. The zero-order valence-corrected chi connectivity index (χ0v) is 11.5. The lowest BCUT2D eigenvalue weighted by Crippen LogP contribution is -2.07. The minimum atomic E-state index is -0.395. The Morgan fingerprint density at radius 3 is 2.71 bits per heavy atom. The number of imidazole rings is 1. The van der Waals surface area contributed by atoms with Gasteiger partial charge in [0.1, 0.15) is 23.7 Å². The first-order valence-corrected chi connectivity index (χ1v) is 6.51. The van der Waals surface area contributed by atoms with Crippen molar-refractivity contribution in [2.45, 2.75) is 6.61 Å². The summed E-state index contributed by atoms with van der Waals surface area (Å²) in [5, 5.41) is 0. The molecule has 0 spiro atoms. The van der Waals surface area contributed by atoms with Crippen LogP contribution in [0.2, 0.25) is 0 Å². The molecule has 0 saturated heterocycles. The van der Waals surface area contributed by atoms with E-state index in [1.807, 2.05) is 36.4 Å². The van der Waals surface area contributed by atoms with E-state index in [1.165, 1.54) is 7.11 Å². The van der Waals surface area contributed by atoms with E-state index in [0.29, 0.717) is 17.9 Å². The number of para-hydroxylation sites is 1. The third-order valence-corrected chi connectivity index (χ3v) is 3.07. The van der Waals surface area contributed by atoms with Gasteiger partial charge in [-0.1, -0.05) is 24.3 Å². The summed E-state index contributed by atoms with van der Waals surface area (Å²) in [6, 6.07) is 14.8. The van der Waals surface area contributed by atoms with Crippen LogP contribution in [0.4, 0.5) is 0 Å². The average molecular weight is 282 g/mol. The predicted octanol–water partition coefficient (Wildman–Crippen LogP) is 2.70. The fraction of sp³-hybridized carbons (Fsp3) is 0.125. The van der Waals surface area contributed by atoms with E-state index in [0.717, 1.165) is 11.4 Å². The van der Waals surface area contributed by atoms with Crippen molar-refractivity contribution in [3.63, 3.8) is 0 Å². The highest BCUT2D eigenvalue weighted by atomic mass is 16.5. The number of aromatic nitrogens is 2. The van der Waals surface area contributed by atoms with Crippen LogP contribution >= 0.6 is 0 Å². The van der Waals surface area contributed by atoms with Gasteiger partial charge in [0.2, 0.25) is 0 Å². The van der Waals surface area contributed by atoms with Gasteiger partial charge in [-0.2, -0.15) is 0 Å². The fourth-order valence-corrected chi connectivity index (χ4v) is 2.08. The highest BCUT2D eigenvalue weighted by Gasteiger charge is 2.12. The first kappa shape index (κ1) is 13.2. The van der Waals surface area contributed by atoms with Crippen LogP contribution in [0.1, 0.15) is 16.2 Å². The number of methoxy groups -OCH3 is 1. The molecule has 0 unspecified atom stereocenters. The van der Waals surface area contributed by atoms with Crippen LogP contribution in [0, 0.1) is 0 Å². The minimum Gasteiger partial charge on any atom is -0.487 e. The molecule has 21 heavy (non-hydrogen) atoms. The third kappa shape index (κ3) is 2.72. The summed E-state index contributed by atoms with van der Waals surface area (Å²) in [6.45, 7) is 0.340. The molecule has 106 valence electrons. The van der Waals surface area contributed by atoms with E-state index in [2.05, 4.69) is 4.98 Å². The van der Waals surface area contributed by atoms with E-state index in [4.69, 9.17) is 9.47 Å². The third-order valence-electron chi connectivity index (χ3n) is 3.07. The van der Waals surface area contributed by atoms with Gasteiger partial charge in [-0.25, -0.2) is 9.78 Å². The Balaban J connectivity index is 1.86. The maximum atomic E-state index is 11.7. The van der Waals surface area contributed by atoms with E-state index in [9.17, 15) is 4.79 Å². The Morgan fingerprint density at radius 2 is 1.95 bits per heavy atom. The predicted molar refractivity (Wildman–Crippen MR) is 77.3 cm³/mol. The maximum Gasteiger partial charge on any atom is 0.355 e.